The summed E-state index contributed by atoms with van der Waals surface area (Å²) in [5.74, 6) is 0.762. The van der Waals surface area contributed by atoms with Gasteiger partial charge in [-0.1, -0.05) is 6.07 Å². The summed E-state index contributed by atoms with van der Waals surface area (Å²) in [6.07, 6.45) is 5.09. The van der Waals surface area contributed by atoms with E-state index in [1.54, 1.807) is 6.20 Å². The average Bonchev–Trinajstić information content (AvgIpc) is 2.40. The summed E-state index contributed by atoms with van der Waals surface area (Å²) in [5.41, 5.74) is 9.00. The summed E-state index contributed by atoms with van der Waals surface area (Å²) < 4.78 is 0. The van der Waals surface area contributed by atoms with Crippen molar-refractivity contribution in [3.05, 3.63) is 47.9 Å². The van der Waals surface area contributed by atoms with Gasteiger partial charge in [-0.2, -0.15) is 0 Å². The molecular formula is C14H15N5. The molecule has 0 radical (unpaired) electrons. The van der Waals surface area contributed by atoms with Crippen LogP contribution in [0.5, 0.6) is 0 Å². The number of aliphatic imine (C=N–C) groups is 1. The fourth-order valence-corrected chi connectivity index (χ4v) is 2.17. The zero-order valence-corrected chi connectivity index (χ0v) is 10.7. The Balaban J connectivity index is 1.95. The number of anilines is 2. The molecule has 2 aromatic rings. The first-order valence-corrected chi connectivity index (χ1v) is 6.11. The molecule has 1 unspecified atom stereocenters. The molecule has 0 saturated heterocycles. The van der Waals surface area contributed by atoms with Gasteiger partial charge in [0.15, 0.2) is 0 Å². The Morgan fingerprint density at radius 1 is 1.32 bits per heavy atom. The van der Waals surface area contributed by atoms with Crippen molar-refractivity contribution in [1.82, 2.24) is 9.97 Å². The van der Waals surface area contributed by atoms with Crippen LogP contribution in [0.25, 0.3) is 0 Å². The van der Waals surface area contributed by atoms with Gasteiger partial charge in [0.05, 0.1) is 12.1 Å². The molecule has 3 N–H and O–H groups in total. The molecule has 0 amide bonds. The summed E-state index contributed by atoms with van der Waals surface area (Å²) in [6, 6.07) is 7.90. The van der Waals surface area contributed by atoms with Crippen LogP contribution in [0.1, 0.15) is 18.1 Å². The van der Waals surface area contributed by atoms with Crippen molar-refractivity contribution in [1.29, 1.82) is 0 Å². The zero-order chi connectivity index (χ0) is 13.3. The predicted octanol–water partition coefficient (Wildman–Crippen LogP) is 1.83. The molecule has 0 fully saturated rings. The Kier molecular flexibility index (Phi) is 2.76. The van der Waals surface area contributed by atoms with Gasteiger partial charge < -0.3 is 11.1 Å². The molecular weight excluding hydrogens is 238 g/mol. The van der Waals surface area contributed by atoms with Crippen LogP contribution in [0.15, 0.2) is 41.8 Å². The van der Waals surface area contributed by atoms with E-state index in [4.69, 9.17) is 5.73 Å². The molecule has 3 rings (SSSR count). The van der Waals surface area contributed by atoms with Crippen LogP contribution < -0.4 is 11.1 Å². The predicted molar refractivity (Wildman–Crippen MR) is 75.8 cm³/mol. The largest absolute Gasteiger partial charge is 0.340 e. The van der Waals surface area contributed by atoms with E-state index in [2.05, 4.69) is 26.3 Å². The van der Waals surface area contributed by atoms with Gasteiger partial charge in [-0.05, 0) is 36.2 Å². The second-order valence-corrected chi connectivity index (χ2v) is 4.91. The lowest BCUT2D eigenvalue weighted by Gasteiger charge is -2.28. The molecule has 1 aromatic heterocycles. The minimum atomic E-state index is -0.423. The monoisotopic (exact) mass is 253 g/mol. The molecule has 96 valence electrons. The van der Waals surface area contributed by atoms with Crippen molar-refractivity contribution in [3.63, 3.8) is 0 Å². The second kappa shape index (κ2) is 4.44. The number of hydrogen-bond donors (Lipinski definition) is 2. The van der Waals surface area contributed by atoms with Crippen LogP contribution in [0.4, 0.5) is 11.5 Å². The van der Waals surface area contributed by atoms with Crippen LogP contribution in [-0.2, 0) is 5.54 Å². The standard InChI is InChI=1S/C14H15N5/c1-14(15)8-17-7-10-2-3-11(6-12(10)14)19-13-4-5-16-9-18-13/h2-7,9H,8,15H2,1H3,(H,16,18,19). The normalized spacial score (nSPS) is 20.9. The van der Waals surface area contributed by atoms with E-state index >= 15 is 0 Å². The maximum absolute atomic E-state index is 6.28. The van der Waals surface area contributed by atoms with Crippen LogP contribution >= 0.6 is 0 Å². The molecule has 0 spiro atoms. The lowest BCUT2D eigenvalue weighted by atomic mass is 9.87. The highest BCUT2D eigenvalue weighted by molar-refractivity contribution is 5.85. The third-order valence-electron chi connectivity index (χ3n) is 3.17. The fourth-order valence-electron chi connectivity index (χ4n) is 2.17. The van der Waals surface area contributed by atoms with Gasteiger partial charge in [-0.25, -0.2) is 9.97 Å². The minimum absolute atomic E-state index is 0.423. The first kappa shape index (κ1) is 11.8. The molecule has 0 saturated carbocycles. The maximum Gasteiger partial charge on any atom is 0.133 e. The summed E-state index contributed by atoms with van der Waals surface area (Å²) in [4.78, 5) is 12.3. The Bertz CT molecular complexity index is 619. The van der Waals surface area contributed by atoms with Crippen molar-refractivity contribution in [2.45, 2.75) is 12.5 Å². The van der Waals surface area contributed by atoms with Crippen molar-refractivity contribution < 1.29 is 0 Å². The van der Waals surface area contributed by atoms with Gasteiger partial charge in [0.1, 0.15) is 12.1 Å². The van der Waals surface area contributed by atoms with Crippen LogP contribution in [-0.4, -0.2) is 22.7 Å². The van der Waals surface area contributed by atoms with E-state index < -0.39 is 5.54 Å². The highest BCUT2D eigenvalue weighted by Crippen LogP contribution is 2.28. The molecule has 1 atom stereocenters. The van der Waals surface area contributed by atoms with Crippen molar-refractivity contribution >= 4 is 17.7 Å². The molecule has 0 bridgehead atoms. The second-order valence-electron chi connectivity index (χ2n) is 4.91. The lowest BCUT2D eigenvalue weighted by Crippen LogP contribution is -2.39. The Hall–Kier alpha value is -2.27. The van der Waals surface area contributed by atoms with Gasteiger partial charge in [-0.3, -0.25) is 4.99 Å². The number of nitrogens with one attached hydrogen (secondary N) is 1. The molecule has 2 heterocycles. The van der Waals surface area contributed by atoms with Gasteiger partial charge in [-0.15, -0.1) is 0 Å². The molecule has 1 aliphatic rings. The highest BCUT2D eigenvalue weighted by Gasteiger charge is 2.26. The third-order valence-corrected chi connectivity index (χ3v) is 3.17. The number of benzene rings is 1. The van der Waals surface area contributed by atoms with Crippen LogP contribution in [0.2, 0.25) is 0 Å². The fraction of sp³-hybridized carbons (Fsp3) is 0.214. The van der Waals surface area contributed by atoms with Crippen molar-refractivity contribution in [2.24, 2.45) is 10.7 Å². The Morgan fingerprint density at radius 3 is 3.00 bits per heavy atom. The van der Waals surface area contributed by atoms with Gasteiger partial charge in [0.25, 0.3) is 0 Å². The lowest BCUT2D eigenvalue weighted by molar-refractivity contribution is 0.503. The topological polar surface area (TPSA) is 76.2 Å². The Morgan fingerprint density at radius 2 is 2.21 bits per heavy atom. The molecule has 1 aliphatic heterocycles. The van der Waals surface area contributed by atoms with E-state index in [1.807, 2.05) is 31.3 Å². The number of rotatable bonds is 2. The number of fused-ring (bicyclic) bond motifs is 1. The summed E-state index contributed by atoms with van der Waals surface area (Å²) in [6.45, 7) is 2.60. The maximum atomic E-state index is 6.28. The molecule has 19 heavy (non-hydrogen) atoms. The van der Waals surface area contributed by atoms with E-state index in [1.165, 1.54) is 6.33 Å². The first-order valence-electron chi connectivity index (χ1n) is 6.11. The zero-order valence-electron chi connectivity index (χ0n) is 10.7. The quantitative estimate of drug-likeness (QED) is 0.856. The van der Waals surface area contributed by atoms with Crippen molar-refractivity contribution in [2.75, 3.05) is 11.9 Å². The molecule has 5 heteroatoms. The highest BCUT2D eigenvalue weighted by atomic mass is 15.0. The van der Waals surface area contributed by atoms with E-state index in [-0.39, 0.29) is 0 Å². The van der Waals surface area contributed by atoms with Crippen LogP contribution in [0.3, 0.4) is 0 Å². The van der Waals surface area contributed by atoms with Gasteiger partial charge in [0.2, 0.25) is 0 Å². The van der Waals surface area contributed by atoms with Gasteiger partial charge >= 0.3 is 0 Å². The van der Waals surface area contributed by atoms with Crippen molar-refractivity contribution in [3.8, 4) is 0 Å². The number of nitrogens with zero attached hydrogens (tertiary/aromatic N) is 3. The molecule has 5 nitrogen and oxygen atoms in total. The van der Waals surface area contributed by atoms with E-state index in [0.29, 0.717) is 6.54 Å². The van der Waals surface area contributed by atoms with E-state index in [9.17, 15) is 0 Å². The SMILES string of the molecule is CC1(N)CN=Cc2ccc(Nc3ccncn3)cc21. The molecule has 0 aliphatic carbocycles. The number of hydrogen-bond acceptors (Lipinski definition) is 5. The average molecular weight is 253 g/mol. The number of aromatic nitrogens is 2. The number of nitrogens with two attached hydrogens (primary N) is 1. The van der Waals surface area contributed by atoms with Gasteiger partial charge in [0, 0.05) is 18.1 Å². The minimum Gasteiger partial charge on any atom is -0.340 e. The summed E-state index contributed by atoms with van der Waals surface area (Å²) >= 11 is 0. The third kappa shape index (κ3) is 2.32. The summed E-state index contributed by atoms with van der Waals surface area (Å²) in [7, 11) is 0. The Labute approximate surface area is 111 Å². The van der Waals surface area contributed by atoms with E-state index in [0.717, 1.165) is 22.6 Å². The molecule has 1 aromatic carbocycles. The summed E-state index contributed by atoms with van der Waals surface area (Å²) in [5, 5.41) is 3.24. The smallest absolute Gasteiger partial charge is 0.133 e. The van der Waals surface area contributed by atoms with Crippen LogP contribution in [0, 0.1) is 0 Å². The first-order chi connectivity index (χ1) is 9.15.